The van der Waals surface area contributed by atoms with E-state index >= 15 is 0 Å². The van der Waals surface area contributed by atoms with E-state index in [9.17, 15) is 18.0 Å². The summed E-state index contributed by atoms with van der Waals surface area (Å²) in [6, 6.07) is 10.00. The molecule has 32 heavy (non-hydrogen) atoms. The zero-order chi connectivity index (χ0) is 22.3. The number of rotatable bonds is 6. The standard InChI is InChI=1S/C21H31F3N6O.HI/c1-2-25-20(27-17-8-9-28(15-17)16-21(22,23)24)26-14-19(31)30-12-10-29(11-13-30)18-6-4-3-5-7-18;/h3-7,17H,2,8-16H2,1H3,(H2,25,26,27);1H. The number of para-hydroxylation sites is 1. The second-order valence-electron chi connectivity index (χ2n) is 7.88. The Kier molecular flexibility index (Phi) is 10.3. The van der Waals surface area contributed by atoms with Gasteiger partial charge in [-0.05, 0) is 25.5 Å². The van der Waals surface area contributed by atoms with Crippen molar-refractivity contribution in [2.45, 2.75) is 25.6 Å². The van der Waals surface area contributed by atoms with E-state index in [2.05, 4.69) is 32.7 Å². The van der Waals surface area contributed by atoms with Crippen LogP contribution in [0, 0.1) is 0 Å². The second-order valence-corrected chi connectivity index (χ2v) is 7.88. The Morgan fingerprint density at radius 1 is 1.12 bits per heavy atom. The maximum absolute atomic E-state index is 12.6. The Balaban J connectivity index is 0.00000363. The van der Waals surface area contributed by atoms with Gasteiger partial charge in [0.2, 0.25) is 5.91 Å². The first-order valence-electron chi connectivity index (χ1n) is 10.8. The molecule has 1 amide bonds. The number of hydrogen-bond acceptors (Lipinski definition) is 4. The van der Waals surface area contributed by atoms with Crippen LogP contribution in [0.2, 0.25) is 0 Å². The molecule has 2 aliphatic rings. The number of piperazine rings is 1. The van der Waals surface area contributed by atoms with Gasteiger partial charge in [-0.25, -0.2) is 4.99 Å². The molecule has 2 fully saturated rings. The molecule has 3 rings (SSSR count). The average Bonchev–Trinajstić information content (AvgIpc) is 3.17. The van der Waals surface area contributed by atoms with Crippen molar-refractivity contribution in [2.75, 3.05) is 63.8 Å². The number of nitrogens with zero attached hydrogens (tertiary/aromatic N) is 4. The van der Waals surface area contributed by atoms with Gasteiger partial charge in [-0.2, -0.15) is 13.2 Å². The number of guanidine groups is 1. The van der Waals surface area contributed by atoms with Crippen LogP contribution in [-0.4, -0.2) is 92.8 Å². The van der Waals surface area contributed by atoms with Crippen LogP contribution >= 0.6 is 24.0 Å². The van der Waals surface area contributed by atoms with Gasteiger partial charge in [0, 0.05) is 57.5 Å². The van der Waals surface area contributed by atoms with Crippen molar-refractivity contribution < 1.29 is 18.0 Å². The fraction of sp³-hybridized carbons (Fsp3) is 0.619. The summed E-state index contributed by atoms with van der Waals surface area (Å²) < 4.78 is 37.7. The van der Waals surface area contributed by atoms with E-state index in [1.165, 1.54) is 4.90 Å². The molecule has 2 heterocycles. The Labute approximate surface area is 204 Å². The van der Waals surface area contributed by atoms with Crippen LogP contribution in [0.5, 0.6) is 0 Å². The third kappa shape index (κ3) is 8.30. The normalized spacial score (nSPS) is 20.1. The van der Waals surface area contributed by atoms with Crippen molar-refractivity contribution in [3.8, 4) is 0 Å². The Bertz CT molecular complexity index is 741. The first kappa shape index (κ1) is 26.5. The predicted molar refractivity (Wildman–Crippen MR) is 131 cm³/mol. The van der Waals surface area contributed by atoms with E-state index < -0.39 is 12.7 Å². The first-order chi connectivity index (χ1) is 14.8. The summed E-state index contributed by atoms with van der Waals surface area (Å²) in [5, 5.41) is 6.25. The van der Waals surface area contributed by atoms with E-state index in [0.717, 1.165) is 18.8 Å². The van der Waals surface area contributed by atoms with Crippen molar-refractivity contribution in [1.82, 2.24) is 20.4 Å². The van der Waals surface area contributed by atoms with E-state index in [0.29, 0.717) is 45.1 Å². The maximum Gasteiger partial charge on any atom is 0.401 e. The molecule has 0 bridgehead atoms. The molecule has 1 aromatic carbocycles. The zero-order valence-corrected chi connectivity index (χ0v) is 20.6. The lowest BCUT2D eigenvalue weighted by Gasteiger charge is -2.36. The number of aliphatic imine (C=N–C) groups is 1. The van der Waals surface area contributed by atoms with Crippen LogP contribution in [0.1, 0.15) is 13.3 Å². The molecule has 0 saturated carbocycles. The molecular weight excluding hydrogens is 536 g/mol. The lowest BCUT2D eigenvalue weighted by Crippen LogP contribution is -2.50. The number of benzene rings is 1. The lowest BCUT2D eigenvalue weighted by molar-refractivity contribution is -0.143. The number of alkyl halides is 3. The summed E-state index contributed by atoms with van der Waals surface area (Å²) in [7, 11) is 0. The molecule has 0 aliphatic carbocycles. The average molecular weight is 568 g/mol. The third-order valence-corrected chi connectivity index (χ3v) is 5.49. The zero-order valence-electron chi connectivity index (χ0n) is 18.3. The minimum absolute atomic E-state index is 0. The molecule has 2 N–H and O–H groups in total. The molecule has 2 aliphatic heterocycles. The van der Waals surface area contributed by atoms with Crippen LogP contribution in [0.25, 0.3) is 0 Å². The molecular formula is C21H32F3IN6O. The topological polar surface area (TPSA) is 63.2 Å². The number of halogens is 4. The first-order valence-corrected chi connectivity index (χ1v) is 10.8. The number of likely N-dealkylation sites (tertiary alicyclic amines) is 1. The number of nitrogens with one attached hydrogen (secondary N) is 2. The highest BCUT2D eigenvalue weighted by atomic mass is 127. The third-order valence-electron chi connectivity index (χ3n) is 5.49. The van der Waals surface area contributed by atoms with E-state index in [4.69, 9.17) is 0 Å². The fourth-order valence-corrected chi connectivity index (χ4v) is 3.96. The van der Waals surface area contributed by atoms with E-state index in [1.54, 1.807) is 0 Å². The van der Waals surface area contributed by atoms with Gasteiger partial charge in [-0.3, -0.25) is 9.69 Å². The van der Waals surface area contributed by atoms with E-state index in [-0.39, 0.29) is 42.5 Å². The van der Waals surface area contributed by atoms with Crippen LogP contribution < -0.4 is 15.5 Å². The SMILES string of the molecule is CCNC(=NCC(=O)N1CCN(c2ccccc2)CC1)NC1CCN(CC(F)(F)F)C1.I. The van der Waals surface area contributed by atoms with Crippen molar-refractivity contribution in [1.29, 1.82) is 0 Å². The van der Waals surface area contributed by atoms with Gasteiger partial charge in [0.1, 0.15) is 6.54 Å². The van der Waals surface area contributed by atoms with Crippen molar-refractivity contribution in [2.24, 2.45) is 4.99 Å². The van der Waals surface area contributed by atoms with Crippen LogP contribution in [-0.2, 0) is 4.79 Å². The smallest absolute Gasteiger partial charge is 0.368 e. The van der Waals surface area contributed by atoms with Gasteiger partial charge >= 0.3 is 6.18 Å². The number of carbonyl (C=O) groups excluding carboxylic acids is 1. The summed E-state index contributed by atoms with van der Waals surface area (Å²) in [6.45, 7) is 5.15. The van der Waals surface area contributed by atoms with Gasteiger partial charge < -0.3 is 20.4 Å². The molecule has 1 aromatic rings. The maximum atomic E-state index is 12.6. The highest BCUT2D eigenvalue weighted by Gasteiger charge is 2.34. The van der Waals surface area contributed by atoms with Gasteiger partial charge in [-0.1, -0.05) is 18.2 Å². The summed E-state index contributed by atoms with van der Waals surface area (Å²) in [6.07, 6.45) is -3.58. The second kappa shape index (κ2) is 12.5. The quantitative estimate of drug-likeness (QED) is 0.313. The monoisotopic (exact) mass is 568 g/mol. The van der Waals surface area contributed by atoms with Crippen LogP contribution in [0.4, 0.5) is 18.9 Å². The van der Waals surface area contributed by atoms with Gasteiger partial charge in [0.25, 0.3) is 0 Å². The largest absolute Gasteiger partial charge is 0.401 e. The molecule has 1 atom stereocenters. The number of carbonyl (C=O) groups is 1. The lowest BCUT2D eigenvalue weighted by atomic mass is 10.2. The van der Waals surface area contributed by atoms with Crippen molar-refractivity contribution in [3.63, 3.8) is 0 Å². The van der Waals surface area contributed by atoms with Crippen LogP contribution in [0.15, 0.2) is 35.3 Å². The minimum Gasteiger partial charge on any atom is -0.368 e. The predicted octanol–water partition coefficient (Wildman–Crippen LogP) is 2.14. The summed E-state index contributed by atoms with van der Waals surface area (Å²) in [5.74, 6) is 0.424. The minimum atomic E-state index is -4.19. The fourth-order valence-electron chi connectivity index (χ4n) is 3.96. The molecule has 0 spiro atoms. The molecule has 11 heteroatoms. The Hall–Kier alpha value is -1.76. The Morgan fingerprint density at radius 3 is 2.44 bits per heavy atom. The van der Waals surface area contributed by atoms with Gasteiger partial charge in [0.05, 0.1) is 6.54 Å². The van der Waals surface area contributed by atoms with Crippen molar-refractivity contribution >= 4 is 41.5 Å². The van der Waals surface area contributed by atoms with Crippen LogP contribution in [0.3, 0.4) is 0 Å². The highest BCUT2D eigenvalue weighted by molar-refractivity contribution is 14.0. The molecule has 0 radical (unpaired) electrons. The molecule has 7 nitrogen and oxygen atoms in total. The summed E-state index contributed by atoms with van der Waals surface area (Å²) >= 11 is 0. The number of anilines is 1. The molecule has 2 saturated heterocycles. The summed E-state index contributed by atoms with van der Waals surface area (Å²) in [4.78, 5) is 22.4. The van der Waals surface area contributed by atoms with Gasteiger partial charge in [0.15, 0.2) is 5.96 Å². The molecule has 1 unspecified atom stereocenters. The highest BCUT2D eigenvalue weighted by Crippen LogP contribution is 2.20. The van der Waals surface area contributed by atoms with Gasteiger partial charge in [-0.15, -0.1) is 24.0 Å². The summed E-state index contributed by atoms with van der Waals surface area (Å²) in [5.41, 5.74) is 1.15. The number of amides is 1. The number of hydrogen-bond donors (Lipinski definition) is 2. The Morgan fingerprint density at radius 2 is 1.81 bits per heavy atom. The van der Waals surface area contributed by atoms with E-state index in [1.807, 2.05) is 30.0 Å². The molecule has 0 aromatic heterocycles. The van der Waals surface area contributed by atoms with Crippen molar-refractivity contribution in [3.05, 3.63) is 30.3 Å². The molecule has 180 valence electrons.